The predicted octanol–water partition coefficient (Wildman–Crippen LogP) is 3.59. The van der Waals surface area contributed by atoms with Gasteiger partial charge in [0.15, 0.2) is 0 Å². The van der Waals surface area contributed by atoms with Gasteiger partial charge >= 0.3 is 0 Å². The molecule has 1 fully saturated rings. The maximum absolute atomic E-state index is 6.09. The molecular formula is C16H26N2. The van der Waals surface area contributed by atoms with Gasteiger partial charge in [0.05, 0.1) is 0 Å². The molecule has 1 aromatic rings. The lowest BCUT2D eigenvalue weighted by molar-refractivity contribution is 0.240. The van der Waals surface area contributed by atoms with Crippen molar-refractivity contribution < 1.29 is 0 Å². The highest BCUT2D eigenvalue weighted by Crippen LogP contribution is 2.30. The Bertz CT molecular complexity index is 394. The minimum absolute atomic E-state index is 0.779. The molecule has 0 radical (unpaired) electrons. The van der Waals surface area contributed by atoms with Crippen molar-refractivity contribution in [1.82, 2.24) is 4.90 Å². The van der Waals surface area contributed by atoms with E-state index in [1.54, 1.807) is 0 Å². The maximum Gasteiger partial charge on any atom is 0.0359 e. The Balaban J connectivity index is 2.01. The van der Waals surface area contributed by atoms with Crippen LogP contribution in [0.25, 0.3) is 0 Å². The van der Waals surface area contributed by atoms with Crippen LogP contribution in [0.1, 0.15) is 44.2 Å². The normalized spacial score (nSPS) is 15.6. The first-order chi connectivity index (χ1) is 8.56. The summed E-state index contributed by atoms with van der Waals surface area (Å²) in [5.74, 6) is 0.779. The lowest BCUT2D eigenvalue weighted by atomic mass is 10.1. The zero-order valence-electron chi connectivity index (χ0n) is 11.9. The van der Waals surface area contributed by atoms with Crippen LogP contribution in [0.2, 0.25) is 0 Å². The van der Waals surface area contributed by atoms with E-state index in [4.69, 9.17) is 5.73 Å². The smallest absolute Gasteiger partial charge is 0.0359 e. The van der Waals surface area contributed by atoms with E-state index in [-0.39, 0.29) is 0 Å². The number of anilines is 1. The van der Waals surface area contributed by atoms with Crippen LogP contribution in [0, 0.1) is 12.8 Å². The molecule has 1 aliphatic rings. The molecule has 1 aliphatic carbocycles. The Kier molecular flexibility index (Phi) is 4.28. The molecule has 0 aromatic heterocycles. The minimum Gasteiger partial charge on any atom is -0.398 e. The highest BCUT2D eigenvalue weighted by atomic mass is 15.2. The molecule has 0 heterocycles. The second-order valence-electron chi connectivity index (χ2n) is 6.09. The number of nitrogens with zero attached hydrogens (tertiary/aromatic N) is 1. The second-order valence-corrected chi connectivity index (χ2v) is 6.09. The third kappa shape index (κ3) is 3.74. The second kappa shape index (κ2) is 5.75. The summed E-state index contributed by atoms with van der Waals surface area (Å²) < 4.78 is 0. The fraction of sp³-hybridized carbons (Fsp3) is 0.625. The first kappa shape index (κ1) is 13.4. The van der Waals surface area contributed by atoms with Gasteiger partial charge in [-0.2, -0.15) is 0 Å². The van der Waals surface area contributed by atoms with E-state index in [2.05, 4.69) is 37.8 Å². The van der Waals surface area contributed by atoms with Gasteiger partial charge in [-0.3, -0.25) is 4.90 Å². The zero-order valence-corrected chi connectivity index (χ0v) is 11.9. The van der Waals surface area contributed by atoms with Crippen LogP contribution in [0.5, 0.6) is 0 Å². The summed E-state index contributed by atoms with van der Waals surface area (Å²) >= 11 is 0. The number of aryl methyl sites for hydroxylation is 1. The molecule has 100 valence electrons. The molecule has 2 rings (SSSR count). The summed E-state index contributed by atoms with van der Waals surface area (Å²) in [6, 6.07) is 7.18. The number of hydrogen-bond donors (Lipinski definition) is 1. The van der Waals surface area contributed by atoms with Gasteiger partial charge in [0.25, 0.3) is 0 Å². The van der Waals surface area contributed by atoms with Gasteiger partial charge in [-0.25, -0.2) is 0 Å². The maximum atomic E-state index is 6.09. The van der Waals surface area contributed by atoms with Crippen LogP contribution in [-0.2, 0) is 6.54 Å². The van der Waals surface area contributed by atoms with Crippen LogP contribution in [0.4, 0.5) is 5.69 Å². The lowest BCUT2D eigenvalue weighted by Crippen LogP contribution is -2.28. The minimum atomic E-state index is 0.779. The van der Waals surface area contributed by atoms with Crippen molar-refractivity contribution in [1.29, 1.82) is 0 Å². The van der Waals surface area contributed by atoms with Gasteiger partial charge in [-0.05, 0) is 50.3 Å². The molecule has 2 nitrogen and oxygen atoms in total. The molecule has 0 aliphatic heterocycles. The number of rotatable bonds is 6. The summed E-state index contributed by atoms with van der Waals surface area (Å²) in [4.78, 5) is 2.62. The topological polar surface area (TPSA) is 29.3 Å². The molecule has 0 amide bonds. The highest BCUT2D eigenvalue weighted by molar-refractivity contribution is 5.48. The van der Waals surface area contributed by atoms with Gasteiger partial charge in [-0.1, -0.05) is 31.5 Å². The van der Waals surface area contributed by atoms with E-state index >= 15 is 0 Å². The largest absolute Gasteiger partial charge is 0.398 e. The molecular weight excluding hydrogens is 220 g/mol. The predicted molar refractivity (Wildman–Crippen MR) is 78.5 cm³/mol. The third-order valence-electron chi connectivity index (χ3n) is 3.73. The number of hydrogen-bond acceptors (Lipinski definition) is 2. The standard InChI is InChI=1S/C16H26N2/c1-12(2)8-9-18(15-5-6-15)11-14-10-13(3)4-7-16(14)17/h4,7,10,12,15H,5-6,8-9,11,17H2,1-3H3. The molecule has 0 bridgehead atoms. The molecule has 1 saturated carbocycles. The van der Waals surface area contributed by atoms with Gasteiger partial charge < -0.3 is 5.73 Å². The molecule has 1 aromatic carbocycles. The van der Waals surface area contributed by atoms with Crippen LogP contribution >= 0.6 is 0 Å². The first-order valence-electron chi connectivity index (χ1n) is 7.15. The average molecular weight is 246 g/mol. The van der Waals surface area contributed by atoms with Crippen LogP contribution in [0.3, 0.4) is 0 Å². The van der Waals surface area contributed by atoms with Crippen LogP contribution in [0.15, 0.2) is 18.2 Å². The summed E-state index contributed by atoms with van der Waals surface area (Å²) in [5, 5.41) is 0. The molecule has 18 heavy (non-hydrogen) atoms. The quantitative estimate of drug-likeness (QED) is 0.777. The lowest BCUT2D eigenvalue weighted by Gasteiger charge is -2.24. The SMILES string of the molecule is Cc1ccc(N)c(CN(CCC(C)C)C2CC2)c1. The molecule has 2 N–H and O–H groups in total. The fourth-order valence-electron chi connectivity index (χ4n) is 2.34. The van der Waals surface area contributed by atoms with E-state index in [1.807, 2.05) is 6.07 Å². The summed E-state index contributed by atoms with van der Waals surface area (Å²) in [7, 11) is 0. The first-order valence-corrected chi connectivity index (χ1v) is 7.15. The van der Waals surface area contributed by atoms with Crippen molar-refractivity contribution in [2.45, 2.75) is 52.6 Å². The zero-order chi connectivity index (χ0) is 13.1. The van der Waals surface area contributed by atoms with Gasteiger partial charge in [-0.15, -0.1) is 0 Å². The Labute approximate surface area is 111 Å². The van der Waals surface area contributed by atoms with Crippen molar-refractivity contribution in [2.75, 3.05) is 12.3 Å². The molecule has 2 heteroatoms. The van der Waals surface area contributed by atoms with E-state index in [1.165, 1.54) is 36.9 Å². The Morgan fingerprint density at radius 2 is 2.06 bits per heavy atom. The van der Waals surface area contributed by atoms with Crippen LogP contribution in [-0.4, -0.2) is 17.5 Å². The summed E-state index contributed by atoms with van der Waals surface area (Å²) in [5.41, 5.74) is 9.63. The third-order valence-corrected chi connectivity index (χ3v) is 3.73. The average Bonchev–Trinajstić information content (AvgIpc) is 3.12. The van der Waals surface area contributed by atoms with Crippen molar-refractivity contribution in [3.8, 4) is 0 Å². The number of benzene rings is 1. The monoisotopic (exact) mass is 246 g/mol. The molecule has 0 spiro atoms. The molecule has 0 unspecified atom stereocenters. The Morgan fingerprint density at radius 1 is 1.33 bits per heavy atom. The van der Waals surface area contributed by atoms with E-state index < -0.39 is 0 Å². The van der Waals surface area contributed by atoms with E-state index in [9.17, 15) is 0 Å². The van der Waals surface area contributed by atoms with E-state index in [0.717, 1.165) is 24.2 Å². The van der Waals surface area contributed by atoms with Crippen molar-refractivity contribution in [3.05, 3.63) is 29.3 Å². The van der Waals surface area contributed by atoms with Crippen LogP contribution < -0.4 is 5.73 Å². The van der Waals surface area contributed by atoms with Crippen molar-refractivity contribution in [2.24, 2.45) is 5.92 Å². The Morgan fingerprint density at radius 3 is 2.67 bits per heavy atom. The molecule has 0 saturated heterocycles. The fourth-order valence-corrected chi connectivity index (χ4v) is 2.34. The van der Waals surface area contributed by atoms with Crippen molar-refractivity contribution in [3.63, 3.8) is 0 Å². The number of nitrogens with two attached hydrogens (primary N) is 1. The number of nitrogen functional groups attached to an aromatic ring is 1. The van der Waals surface area contributed by atoms with Gasteiger partial charge in [0.2, 0.25) is 0 Å². The van der Waals surface area contributed by atoms with Gasteiger partial charge in [0.1, 0.15) is 0 Å². The molecule has 0 atom stereocenters. The summed E-state index contributed by atoms with van der Waals surface area (Å²) in [6.45, 7) is 8.96. The van der Waals surface area contributed by atoms with E-state index in [0.29, 0.717) is 0 Å². The van der Waals surface area contributed by atoms with Crippen molar-refractivity contribution >= 4 is 5.69 Å². The highest BCUT2D eigenvalue weighted by Gasteiger charge is 2.28. The Hall–Kier alpha value is -1.02. The van der Waals surface area contributed by atoms with Gasteiger partial charge in [0, 0.05) is 18.3 Å². The summed E-state index contributed by atoms with van der Waals surface area (Å²) in [6.07, 6.45) is 4.01.